The number of carbonyl (C=O) groups excluding carboxylic acids is 1. The first-order valence-electron chi connectivity index (χ1n) is 5.35. The zero-order valence-corrected chi connectivity index (χ0v) is 9.08. The van der Waals surface area contributed by atoms with E-state index in [2.05, 4.69) is 24.6 Å². The van der Waals surface area contributed by atoms with Crippen LogP contribution in [0.15, 0.2) is 0 Å². The van der Waals surface area contributed by atoms with Crippen molar-refractivity contribution in [2.24, 2.45) is 11.8 Å². The van der Waals surface area contributed by atoms with Gasteiger partial charge in [0.25, 0.3) is 5.91 Å². The van der Waals surface area contributed by atoms with Gasteiger partial charge < -0.3 is 5.32 Å². The van der Waals surface area contributed by atoms with Gasteiger partial charge >= 0.3 is 0 Å². The zero-order valence-electron chi connectivity index (χ0n) is 9.08. The number of carbonyl (C=O) groups is 1. The smallest absolute Gasteiger partial charge is 0.252 e. The maximum Gasteiger partial charge on any atom is 0.252 e. The molecule has 1 aliphatic carbocycles. The Bertz CT molecular complexity index is 244. The lowest BCUT2D eigenvalue weighted by molar-refractivity contribution is -0.122. The van der Waals surface area contributed by atoms with Crippen LogP contribution < -0.4 is 10.7 Å². The normalized spacial score (nSPS) is 43.5. The lowest BCUT2D eigenvalue weighted by Crippen LogP contribution is -2.54. The molecule has 4 nitrogen and oxygen atoms in total. The third kappa shape index (κ3) is 1.64. The number of hydrogen-bond donors (Lipinski definition) is 2. The minimum atomic E-state index is -0.0139. The fraction of sp³-hybridized carbons (Fsp3) is 0.900. The minimum Gasteiger partial charge on any atom is -0.302 e. The van der Waals surface area contributed by atoms with E-state index < -0.39 is 0 Å². The van der Waals surface area contributed by atoms with E-state index in [1.54, 1.807) is 0 Å². The summed E-state index contributed by atoms with van der Waals surface area (Å²) in [6, 6.07) is 0.521. The molecule has 4 atom stereocenters. The summed E-state index contributed by atoms with van der Waals surface area (Å²) in [4.78, 5) is 11.4. The summed E-state index contributed by atoms with van der Waals surface area (Å²) >= 11 is 0. The molecule has 0 bridgehead atoms. The standard InChI is InChI=1S/C10H19N3O/c1-6-4-8(7(6)2)11-9-5-13(3)12-10(9)14/h6-9,11H,4-5H2,1-3H3,(H,12,14). The molecular weight excluding hydrogens is 178 g/mol. The lowest BCUT2D eigenvalue weighted by Gasteiger charge is -2.42. The second-order valence-corrected chi connectivity index (χ2v) is 4.75. The van der Waals surface area contributed by atoms with Crippen LogP contribution in [-0.2, 0) is 4.79 Å². The van der Waals surface area contributed by atoms with E-state index >= 15 is 0 Å². The van der Waals surface area contributed by atoms with Crippen LogP contribution in [0.2, 0.25) is 0 Å². The SMILES string of the molecule is CC1CC(NC2CN(C)NC2=O)C1C. The number of nitrogens with zero attached hydrogens (tertiary/aromatic N) is 1. The first-order chi connectivity index (χ1) is 6.58. The molecule has 14 heavy (non-hydrogen) atoms. The monoisotopic (exact) mass is 197 g/mol. The van der Waals surface area contributed by atoms with Gasteiger partial charge in [-0.2, -0.15) is 0 Å². The van der Waals surface area contributed by atoms with Crippen LogP contribution in [0.4, 0.5) is 0 Å². The van der Waals surface area contributed by atoms with Gasteiger partial charge in [0.1, 0.15) is 6.04 Å². The molecule has 1 heterocycles. The van der Waals surface area contributed by atoms with Crippen LogP contribution in [-0.4, -0.2) is 36.6 Å². The molecule has 0 aromatic heterocycles. The predicted molar refractivity (Wildman–Crippen MR) is 54.4 cm³/mol. The largest absolute Gasteiger partial charge is 0.302 e. The van der Waals surface area contributed by atoms with E-state index in [1.165, 1.54) is 6.42 Å². The van der Waals surface area contributed by atoms with Crippen LogP contribution in [0, 0.1) is 11.8 Å². The summed E-state index contributed by atoms with van der Waals surface area (Å²) in [5, 5.41) is 5.26. The Hall–Kier alpha value is -0.610. The summed E-state index contributed by atoms with van der Waals surface area (Å²) < 4.78 is 0. The van der Waals surface area contributed by atoms with Gasteiger partial charge in [-0.1, -0.05) is 13.8 Å². The number of hydrazine groups is 1. The number of hydrogen-bond acceptors (Lipinski definition) is 3. The second-order valence-electron chi connectivity index (χ2n) is 4.75. The van der Waals surface area contributed by atoms with Gasteiger partial charge in [-0.05, 0) is 18.3 Å². The molecule has 4 unspecified atom stereocenters. The van der Waals surface area contributed by atoms with Crippen LogP contribution >= 0.6 is 0 Å². The third-order valence-electron chi connectivity index (χ3n) is 3.65. The van der Waals surface area contributed by atoms with Gasteiger partial charge in [0.2, 0.25) is 0 Å². The quantitative estimate of drug-likeness (QED) is 0.653. The summed E-state index contributed by atoms with van der Waals surface area (Å²) in [5.41, 5.74) is 2.78. The van der Waals surface area contributed by atoms with E-state index in [1.807, 2.05) is 12.1 Å². The highest BCUT2D eigenvalue weighted by molar-refractivity contribution is 5.83. The summed E-state index contributed by atoms with van der Waals surface area (Å²) in [6.07, 6.45) is 1.20. The Balaban J connectivity index is 1.84. The molecule has 2 fully saturated rings. The van der Waals surface area contributed by atoms with Crippen molar-refractivity contribution >= 4 is 5.91 Å². The molecule has 4 heteroatoms. The first-order valence-corrected chi connectivity index (χ1v) is 5.35. The summed E-state index contributed by atoms with van der Waals surface area (Å²) in [6.45, 7) is 5.29. The number of likely N-dealkylation sites (N-methyl/N-ethyl adjacent to an activating group) is 1. The molecule has 1 saturated heterocycles. The Morgan fingerprint density at radius 1 is 1.50 bits per heavy atom. The van der Waals surface area contributed by atoms with Crippen molar-refractivity contribution in [1.82, 2.24) is 15.8 Å². The van der Waals surface area contributed by atoms with Gasteiger partial charge in [0, 0.05) is 19.6 Å². The molecule has 2 rings (SSSR count). The maximum atomic E-state index is 11.4. The first kappa shape index (κ1) is 9.93. The van der Waals surface area contributed by atoms with Crippen LogP contribution in [0.5, 0.6) is 0 Å². The summed E-state index contributed by atoms with van der Waals surface area (Å²) in [5.74, 6) is 1.61. The van der Waals surface area contributed by atoms with Gasteiger partial charge in [0.15, 0.2) is 0 Å². The molecule has 0 spiro atoms. The van der Waals surface area contributed by atoms with Crippen molar-refractivity contribution in [1.29, 1.82) is 0 Å². The van der Waals surface area contributed by atoms with Crippen molar-refractivity contribution in [2.45, 2.75) is 32.4 Å². The van der Waals surface area contributed by atoms with Gasteiger partial charge in [-0.25, -0.2) is 5.01 Å². The average Bonchev–Trinajstić information content (AvgIpc) is 2.44. The van der Waals surface area contributed by atoms with Crippen molar-refractivity contribution in [3.8, 4) is 0 Å². The maximum absolute atomic E-state index is 11.4. The highest BCUT2D eigenvalue weighted by Crippen LogP contribution is 2.33. The molecule has 80 valence electrons. The van der Waals surface area contributed by atoms with Gasteiger partial charge in [-0.15, -0.1) is 0 Å². The Kier molecular flexibility index (Phi) is 2.49. The van der Waals surface area contributed by atoms with Crippen molar-refractivity contribution < 1.29 is 4.79 Å². The van der Waals surface area contributed by atoms with E-state index in [0.717, 1.165) is 12.5 Å². The van der Waals surface area contributed by atoms with E-state index in [4.69, 9.17) is 0 Å². The molecule has 1 aliphatic heterocycles. The molecule has 2 N–H and O–H groups in total. The molecule has 0 aromatic rings. The van der Waals surface area contributed by atoms with E-state index in [-0.39, 0.29) is 11.9 Å². The van der Waals surface area contributed by atoms with Gasteiger partial charge in [-0.3, -0.25) is 10.2 Å². The average molecular weight is 197 g/mol. The van der Waals surface area contributed by atoms with Crippen molar-refractivity contribution in [3.63, 3.8) is 0 Å². The van der Waals surface area contributed by atoms with E-state index in [0.29, 0.717) is 12.0 Å². The molecular formula is C10H19N3O. The zero-order chi connectivity index (χ0) is 10.3. The predicted octanol–water partition coefficient (Wildman–Crippen LogP) is -0.0343. The molecule has 1 amide bonds. The lowest BCUT2D eigenvalue weighted by atomic mass is 9.71. The topological polar surface area (TPSA) is 44.4 Å². The Morgan fingerprint density at radius 2 is 2.21 bits per heavy atom. The van der Waals surface area contributed by atoms with Crippen molar-refractivity contribution in [2.75, 3.05) is 13.6 Å². The second kappa shape index (κ2) is 3.51. The molecule has 0 aromatic carbocycles. The van der Waals surface area contributed by atoms with Crippen LogP contribution in [0.1, 0.15) is 20.3 Å². The van der Waals surface area contributed by atoms with Crippen LogP contribution in [0.25, 0.3) is 0 Å². The highest BCUT2D eigenvalue weighted by atomic mass is 16.2. The van der Waals surface area contributed by atoms with Crippen molar-refractivity contribution in [3.05, 3.63) is 0 Å². The third-order valence-corrected chi connectivity index (χ3v) is 3.65. The minimum absolute atomic E-state index is 0.0139. The molecule has 2 aliphatic rings. The van der Waals surface area contributed by atoms with Crippen LogP contribution in [0.3, 0.4) is 0 Å². The molecule has 0 radical (unpaired) electrons. The fourth-order valence-corrected chi connectivity index (χ4v) is 2.31. The number of rotatable bonds is 2. The fourth-order valence-electron chi connectivity index (χ4n) is 2.31. The Labute approximate surface area is 85.0 Å². The van der Waals surface area contributed by atoms with E-state index in [9.17, 15) is 4.79 Å². The number of nitrogens with one attached hydrogen (secondary N) is 2. The highest BCUT2D eigenvalue weighted by Gasteiger charge is 2.38. The number of amides is 1. The Morgan fingerprint density at radius 3 is 2.64 bits per heavy atom. The summed E-state index contributed by atoms with van der Waals surface area (Å²) in [7, 11) is 1.90. The molecule has 1 saturated carbocycles. The van der Waals surface area contributed by atoms with Gasteiger partial charge in [0.05, 0.1) is 0 Å².